The van der Waals surface area contributed by atoms with Gasteiger partial charge in [0.1, 0.15) is 5.82 Å². The van der Waals surface area contributed by atoms with Crippen LogP contribution in [0.15, 0.2) is 53.4 Å². The lowest BCUT2D eigenvalue weighted by Gasteiger charge is -2.19. The number of halogens is 3. The van der Waals surface area contributed by atoms with Crippen LogP contribution in [0.25, 0.3) is 11.0 Å². The summed E-state index contributed by atoms with van der Waals surface area (Å²) in [6, 6.07) is 10.2. The highest BCUT2D eigenvalue weighted by atomic mass is 32.2. The van der Waals surface area contributed by atoms with Crippen molar-refractivity contribution >= 4 is 27.0 Å². The molecule has 11 heteroatoms. The summed E-state index contributed by atoms with van der Waals surface area (Å²) in [5, 5.41) is 2.75. The summed E-state index contributed by atoms with van der Waals surface area (Å²) in [5.41, 5.74) is 0.443. The number of benzene rings is 2. The van der Waals surface area contributed by atoms with Gasteiger partial charge < -0.3 is 10.3 Å². The zero-order valence-corrected chi connectivity index (χ0v) is 18.2. The molecule has 0 saturated carbocycles. The third-order valence-electron chi connectivity index (χ3n) is 4.67. The first kappa shape index (κ1) is 23.7. The summed E-state index contributed by atoms with van der Waals surface area (Å²) in [5.74, 6) is 0.107. The average Bonchev–Trinajstić information content (AvgIpc) is 3.15. The molecule has 1 unspecified atom stereocenters. The van der Waals surface area contributed by atoms with E-state index in [-0.39, 0.29) is 5.92 Å². The van der Waals surface area contributed by atoms with Gasteiger partial charge in [0.2, 0.25) is 15.9 Å². The molecule has 0 spiro atoms. The maximum Gasteiger partial charge on any atom is 0.416 e. The Morgan fingerprint density at radius 3 is 2.50 bits per heavy atom. The number of nitrogens with one attached hydrogen (secondary N) is 3. The van der Waals surface area contributed by atoms with E-state index in [1.165, 1.54) is 0 Å². The number of fused-ring (bicyclic) bond motifs is 1. The minimum absolute atomic E-state index is 0.204. The first-order valence-electron chi connectivity index (χ1n) is 9.86. The number of sulfonamides is 1. The van der Waals surface area contributed by atoms with Crippen LogP contribution in [0.4, 0.5) is 13.2 Å². The van der Waals surface area contributed by atoms with Crippen molar-refractivity contribution < 1.29 is 26.4 Å². The van der Waals surface area contributed by atoms with Gasteiger partial charge in [-0.15, -0.1) is 0 Å². The van der Waals surface area contributed by atoms with E-state index < -0.39 is 45.2 Å². The van der Waals surface area contributed by atoms with Gasteiger partial charge >= 0.3 is 6.18 Å². The van der Waals surface area contributed by atoms with Gasteiger partial charge in [0, 0.05) is 0 Å². The van der Waals surface area contributed by atoms with Crippen LogP contribution in [-0.2, 0) is 21.0 Å². The minimum Gasteiger partial charge on any atom is -0.345 e. The topological polar surface area (TPSA) is 104 Å². The Hall–Kier alpha value is -2.92. The van der Waals surface area contributed by atoms with Gasteiger partial charge in [0.25, 0.3) is 0 Å². The molecule has 0 bridgehead atoms. The molecule has 3 aromatic rings. The largest absolute Gasteiger partial charge is 0.416 e. The van der Waals surface area contributed by atoms with Gasteiger partial charge in [-0.2, -0.15) is 13.2 Å². The number of rotatable bonds is 8. The zero-order valence-electron chi connectivity index (χ0n) is 17.4. The molecule has 0 fully saturated rings. The van der Waals surface area contributed by atoms with Crippen LogP contribution in [-0.4, -0.2) is 30.8 Å². The molecule has 172 valence electrons. The van der Waals surface area contributed by atoms with Crippen LogP contribution >= 0.6 is 0 Å². The first-order chi connectivity index (χ1) is 15.0. The number of amides is 1. The second-order valence-electron chi connectivity index (χ2n) is 7.74. The molecule has 0 aliphatic heterocycles. The van der Waals surface area contributed by atoms with Crippen LogP contribution in [0.3, 0.4) is 0 Å². The summed E-state index contributed by atoms with van der Waals surface area (Å²) in [6.45, 7) is 3.31. The number of para-hydroxylation sites is 2. The van der Waals surface area contributed by atoms with Crippen LogP contribution in [0.1, 0.15) is 37.7 Å². The SMILES string of the molecule is CC(C)CC(NC(=O)CNS(=O)(=O)c1cccc(C(F)(F)F)c1)c1nc2ccccc2[nH]1. The summed E-state index contributed by atoms with van der Waals surface area (Å²) in [6.07, 6.45) is -4.13. The van der Waals surface area contributed by atoms with E-state index in [0.717, 1.165) is 29.2 Å². The Morgan fingerprint density at radius 1 is 1.12 bits per heavy atom. The van der Waals surface area contributed by atoms with Gasteiger partial charge in [-0.05, 0) is 42.7 Å². The van der Waals surface area contributed by atoms with E-state index in [1.54, 1.807) is 0 Å². The lowest BCUT2D eigenvalue weighted by Crippen LogP contribution is -2.39. The third kappa shape index (κ3) is 5.86. The van der Waals surface area contributed by atoms with E-state index in [9.17, 15) is 26.4 Å². The smallest absolute Gasteiger partial charge is 0.345 e. The number of hydrogen-bond donors (Lipinski definition) is 3. The lowest BCUT2D eigenvalue weighted by molar-refractivity contribution is -0.137. The summed E-state index contributed by atoms with van der Waals surface area (Å²) < 4.78 is 65.4. The Morgan fingerprint density at radius 2 is 1.84 bits per heavy atom. The Labute approximate surface area is 183 Å². The minimum atomic E-state index is -4.68. The van der Waals surface area contributed by atoms with E-state index in [0.29, 0.717) is 18.3 Å². The van der Waals surface area contributed by atoms with Crippen molar-refractivity contribution in [2.75, 3.05) is 6.54 Å². The van der Waals surface area contributed by atoms with Gasteiger partial charge in [-0.3, -0.25) is 4.79 Å². The van der Waals surface area contributed by atoms with E-state index in [4.69, 9.17) is 0 Å². The Bertz CT molecular complexity index is 1170. The summed E-state index contributed by atoms with van der Waals surface area (Å²) in [4.78, 5) is 19.5. The molecular formula is C21H23F3N4O3S. The molecule has 3 rings (SSSR count). The molecule has 32 heavy (non-hydrogen) atoms. The molecule has 0 aliphatic rings. The van der Waals surface area contributed by atoms with Crippen molar-refractivity contribution in [2.24, 2.45) is 5.92 Å². The van der Waals surface area contributed by atoms with Crippen molar-refractivity contribution in [2.45, 2.75) is 37.4 Å². The Kier molecular flexibility index (Phi) is 6.89. The van der Waals surface area contributed by atoms with E-state index in [2.05, 4.69) is 20.0 Å². The standard InChI is InChI=1S/C21H23F3N4O3S/c1-13(2)10-18(20-27-16-8-3-4-9-17(16)28-20)26-19(29)12-25-32(30,31)15-7-5-6-14(11-15)21(22,23)24/h3-9,11,13,18,25H,10,12H2,1-2H3,(H,26,29)(H,27,28). The fourth-order valence-corrected chi connectivity index (χ4v) is 4.20. The highest BCUT2D eigenvalue weighted by molar-refractivity contribution is 7.89. The lowest BCUT2D eigenvalue weighted by atomic mass is 10.0. The predicted molar refractivity (Wildman–Crippen MR) is 113 cm³/mol. The normalized spacial score (nSPS) is 13.4. The third-order valence-corrected chi connectivity index (χ3v) is 6.07. The fraction of sp³-hybridized carbons (Fsp3) is 0.333. The summed E-state index contributed by atoms with van der Waals surface area (Å²) in [7, 11) is -4.32. The molecule has 0 saturated heterocycles. The van der Waals surface area contributed by atoms with Crippen molar-refractivity contribution in [1.82, 2.24) is 20.0 Å². The average molecular weight is 469 g/mol. The molecule has 1 aromatic heterocycles. The van der Waals surface area contributed by atoms with E-state index >= 15 is 0 Å². The van der Waals surface area contributed by atoms with Gasteiger partial charge in [-0.25, -0.2) is 18.1 Å². The highest BCUT2D eigenvalue weighted by Crippen LogP contribution is 2.30. The number of hydrogen-bond acceptors (Lipinski definition) is 4. The molecule has 1 amide bonds. The quantitative estimate of drug-likeness (QED) is 0.468. The fourth-order valence-electron chi connectivity index (χ4n) is 3.18. The monoisotopic (exact) mass is 468 g/mol. The Balaban J connectivity index is 1.71. The van der Waals surface area contributed by atoms with Crippen molar-refractivity contribution in [3.05, 3.63) is 59.9 Å². The molecule has 0 aliphatic carbocycles. The second-order valence-corrected chi connectivity index (χ2v) is 9.51. The first-order valence-corrected chi connectivity index (χ1v) is 11.3. The number of H-pyrrole nitrogens is 1. The molecule has 3 N–H and O–H groups in total. The van der Waals surface area contributed by atoms with Crippen LogP contribution in [0.2, 0.25) is 0 Å². The number of nitrogens with zero attached hydrogens (tertiary/aromatic N) is 1. The maximum absolute atomic E-state index is 12.9. The summed E-state index contributed by atoms with van der Waals surface area (Å²) >= 11 is 0. The van der Waals surface area contributed by atoms with Crippen molar-refractivity contribution in [1.29, 1.82) is 0 Å². The number of carbonyl (C=O) groups is 1. The molecule has 0 radical (unpaired) electrons. The number of aromatic amines is 1. The number of alkyl halides is 3. The number of carbonyl (C=O) groups excluding carboxylic acids is 1. The highest BCUT2D eigenvalue weighted by Gasteiger charge is 2.31. The van der Waals surface area contributed by atoms with Crippen molar-refractivity contribution in [3.8, 4) is 0 Å². The molecule has 7 nitrogen and oxygen atoms in total. The second kappa shape index (κ2) is 9.29. The van der Waals surface area contributed by atoms with Gasteiger partial charge in [-0.1, -0.05) is 32.0 Å². The maximum atomic E-state index is 12.9. The van der Waals surface area contributed by atoms with Crippen LogP contribution in [0.5, 0.6) is 0 Å². The van der Waals surface area contributed by atoms with Gasteiger partial charge in [0.15, 0.2) is 0 Å². The molecule has 2 aromatic carbocycles. The predicted octanol–water partition coefficient (Wildman–Crippen LogP) is 3.76. The van der Waals surface area contributed by atoms with Crippen molar-refractivity contribution in [3.63, 3.8) is 0 Å². The van der Waals surface area contributed by atoms with Crippen LogP contribution < -0.4 is 10.0 Å². The van der Waals surface area contributed by atoms with E-state index in [1.807, 2.05) is 38.1 Å². The number of aromatic nitrogens is 2. The molecular weight excluding hydrogens is 445 g/mol. The zero-order chi connectivity index (χ0) is 23.5. The molecule has 1 atom stereocenters. The number of imidazole rings is 1. The van der Waals surface area contributed by atoms with Crippen LogP contribution in [0, 0.1) is 5.92 Å². The molecule has 1 heterocycles. The van der Waals surface area contributed by atoms with Gasteiger partial charge in [0.05, 0.1) is 34.1 Å².